The van der Waals surface area contributed by atoms with Crippen molar-refractivity contribution in [2.75, 3.05) is 4.31 Å². The number of sulfonamides is 1. The summed E-state index contributed by atoms with van der Waals surface area (Å²) >= 11 is 0. The van der Waals surface area contributed by atoms with Crippen LogP contribution in [0.15, 0.2) is 47.4 Å². The lowest BCUT2D eigenvalue weighted by molar-refractivity contribution is 0.582. The summed E-state index contributed by atoms with van der Waals surface area (Å²) in [6, 6.07) is 11.1. The van der Waals surface area contributed by atoms with Crippen LogP contribution in [-0.2, 0) is 16.4 Å². The molecule has 0 saturated carbocycles. The second-order valence-corrected chi connectivity index (χ2v) is 7.18. The van der Waals surface area contributed by atoms with Gasteiger partial charge in [0.15, 0.2) is 0 Å². The van der Waals surface area contributed by atoms with Crippen molar-refractivity contribution in [2.45, 2.75) is 31.2 Å². The molecule has 110 valence electrons. The topological polar surface area (TPSA) is 37.4 Å². The van der Waals surface area contributed by atoms with Crippen LogP contribution in [0, 0.1) is 12.7 Å². The Hall–Kier alpha value is -1.88. The van der Waals surface area contributed by atoms with Crippen molar-refractivity contribution in [3.8, 4) is 0 Å². The van der Waals surface area contributed by atoms with E-state index in [1.165, 1.54) is 22.5 Å². The van der Waals surface area contributed by atoms with Gasteiger partial charge in [0.25, 0.3) is 10.0 Å². The number of benzene rings is 2. The number of para-hydroxylation sites is 1. The van der Waals surface area contributed by atoms with E-state index in [0.717, 1.165) is 5.56 Å². The highest BCUT2D eigenvalue weighted by molar-refractivity contribution is 7.93. The average molecular weight is 305 g/mol. The first-order chi connectivity index (χ1) is 9.91. The smallest absolute Gasteiger partial charge is 0.263 e. The molecule has 3 nitrogen and oxygen atoms in total. The maximum absolute atomic E-state index is 13.2. The highest BCUT2D eigenvalue weighted by Gasteiger charge is 2.36. The van der Waals surface area contributed by atoms with E-state index in [1.54, 1.807) is 6.92 Å². The minimum absolute atomic E-state index is 0.142. The third-order valence-corrected chi connectivity index (χ3v) is 5.91. The van der Waals surface area contributed by atoms with Crippen LogP contribution in [0.1, 0.15) is 18.1 Å². The molecule has 0 radical (unpaired) electrons. The highest BCUT2D eigenvalue weighted by Crippen LogP contribution is 2.37. The zero-order valence-corrected chi connectivity index (χ0v) is 12.7. The van der Waals surface area contributed by atoms with Gasteiger partial charge in [-0.3, -0.25) is 4.31 Å². The van der Waals surface area contributed by atoms with Crippen molar-refractivity contribution in [2.24, 2.45) is 0 Å². The van der Waals surface area contributed by atoms with E-state index in [-0.39, 0.29) is 10.9 Å². The number of hydrogen-bond donors (Lipinski definition) is 0. The Balaban J connectivity index is 2.15. The molecule has 0 aliphatic carbocycles. The standard InChI is InChI=1S/C16H16FNO2S/c1-11-9-14(17)7-8-16(11)21(19,20)18-12(2)10-13-5-3-4-6-15(13)18/h3-9,12H,10H2,1-2H3/t12-/m0/s1. The first-order valence-electron chi connectivity index (χ1n) is 6.80. The molecule has 1 aliphatic rings. The van der Waals surface area contributed by atoms with Crippen molar-refractivity contribution in [1.29, 1.82) is 0 Å². The largest absolute Gasteiger partial charge is 0.264 e. The van der Waals surface area contributed by atoms with Crippen LogP contribution in [0.25, 0.3) is 0 Å². The van der Waals surface area contributed by atoms with Gasteiger partial charge < -0.3 is 0 Å². The van der Waals surface area contributed by atoms with Crippen molar-refractivity contribution in [3.63, 3.8) is 0 Å². The Morgan fingerprint density at radius 1 is 1.19 bits per heavy atom. The van der Waals surface area contributed by atoms with E-state index in [1.807, 2.05) is 31.2 Å². The number of fused-ring (bicyclic) bond motifs is 1. The lowest BCUT2D eigenvalue weighted by Crippen LogP contribution is -2.36. The normalized spacial score (nSPS) is 17.9. The fourth-order valence-electron chi connectivity index (χ4n) is 2.91. The van der Waals surface area contributed by atoms with Crippen molar-refractivity contribution in [3.05, 3.63) is 59.4 Å². The second-order valence-electron chi connectivity index (χ2n) is 5.39. The number of halogens is 1. The number of rotatable bonds is 2. The van der Waals surface area contributed by atoms with E-state index < -0.39 is 15.8 Å². The van der Waals surface area contributed by atoms with Gasteiger partial charge in [0, 0.05) is 6.04 Å². The molecule has 0 fully saturated rings. The summed E-state index contributed by atoms with van der Waals surface area (Å²) in [6.07, 6.45) is 0.690. The van der Waals surface area contributed by atoms with E-state index in [9.17, 15) is 12.8 Å². The molecule has 0 unspecified atom stereocenters. The predicted octanol–water partition coefficient (Wildman–Crippen LogP) is 3.27. The Labute approximate surface area is 124 Å². The number of anilines is 1. The Bertz CT molecular complexity index is 802. The van der Waals surface area contributed by atoms with Gasteiger partial charge in [-0.1, -0.05) is 18.2 Å². The number of hydrogen-bond acceptors (Lipinski definition) is 2. The predicted molar refractivity (Wildman–Crippen MR) is 80.4 cm³/mol. The molecule has 0 saturated heterocycles. The van der Waals surface area contributed by atoms with E-state index in [0.29, 0.717) is 17.7 Å². The van der Waals surface area contributed by atoms with Crippen LogP contribution >= 0.6 is 0 Å². The molecule has 5 heteroatoms. The minimum Gasteiger partial charge on any atom is -0.263 e. The Morgan fingerprint density at radius 3 is 2.62 bits per heavy atom. The molecule has 0 N–H and O–H groups in total. The van der Waals surface area contributed by atoms with Gasteiger partial charge >= 0.3 is 0 Å². The molecular formula is C16H16FNO2S. The van der Waals surface area contributed by atoms with Gasteiger partial charge in [-0.15, -0.1) is 0 Å². The third kappa shape index (κ3) is 2.21. The average Bonchev–Trinajstić information content (AvgIpc) is 2.74. The monoisotopic (exact) mass is 305 g/mol. The van der Waals surface area contributed by atoms with Crippen LogP contribution in [-0.4, -0.2) is 14.5 Å². The summed E-state index contributed by atoms with van der Waals surface area (Å²) in [7, 11) is -3.68. The Kier molecular flexibility index (Phi) is 3.24. The van der Waals surface area contributed by atoms with Crippen LogP contribution in [0.5, 0.6) is 0 Å². The molecule has 0 amide bonds. The van der Waals surface area contributed by atoms with E-state index >= 15 is 0 Å². The quantitative estimate of drug-likeness (QED) is 0.854. The zero-order chi connectivity index (χ0) is 15.2. The van der Waals surface area contributed by atoms with Crippen LogP contribution in [0.4, 0.5) is 10.1 Å². The van der Waals surface area contributed by atoms with Crippen molar-refractivity contribution >= 4 is 15.7 Å². The summed E-state index contributed by atoms with van der Waals surface area (Å²) < 4.78 is 40.6. The zero-order valence-electron chi connectivity index (χ0n) is 11.9. The third-order valence-electron chi connectivity index (χ3n) is 3.82. The van der Waals surface area contributed by atoms with Crippen LogP contribution in [0.3, 0.4) is 0 Å². The molecule has 1 heterocycles. The SMILES string of the molecule is Cc1cc(F)ccc1S(=O)(=O)N1c2ccccc2C[C@@H]1C. The van der Waals surface area contributed by atoms with Crippen molar-refractivity contribution < 1.29 is 12.8 Å². The van der Waals surface area contributed by atoms with E-state index in [2.05, 4.69) is 0 Å². The molecule has 2 aromatic rings. The molecule has 1 atom stereocenters. The summed E-state index contributed by atoms with van der Waals surface area (Å²) in [4.78, 5) is 0.160. The molecule has 0 spiro atoms. The number of nitrogens with zero attached hydrogens (tertiary/aromatic N) is 1. The van der Waals surface area contributed by atoms with Gasteiger partial charge in [-0.25, -0.2) is 12.8 Å². The Morgan fingerprint density at radius 2 is 1.90 bits per heavy atom. The molecule has 21 heavy (non-hydrogen) atoms. The van der Waals surface area contributed by atoms with Gasteiger partial charge in [0.05, 0.1) is 10.6 Å². The van der Waals surface area contributed by atoms with E-state index in [4.69, 9.17) is 0 Å². The van der Waals surface area contributed by atoms with Gasteiger partial charge in [0.2, 0.25) is 0 Å². The molecule has 2 aromatic carbocycles. The molecule has 1 aliphatic heterocycles. The van der Waals surface area contributed by atoms with Crippen LogP contribution < -0.4 is 4.31 Å². The maximum Gasteiger partial charge on any atom is 0.264 e. The highest BCUT2D eigenvalue weighted by atomic mass is 32.2. The first kappa shape index (κ1) is 14.1. The fraction of sp³-hybridized carbons (Fsp3) is 0.250. The molecule has 0 aromatic heterocycles. The molecular weight excluding hydrogens is 289 g/mol. The maximum atomic E-state index is 13.2. The van der Waals surface area contributed by atoms with Gasteiger partial charge in [-0.05, 0) is 55.7 Å². The summed E-state index contributed by atoms with van der Waals surface area (Å²) in [5.74, 6) is -0.429. The van der Waals surface area contributed by atoms with Gasteiger partial charge in [-0.2, -0.15) is 0 Å². The summed E-state index contributed by atoms with van der Waals surface area (Å²) in [6.45, 7) is 3.50. The molecule has 0 bridgehead atoms. The lowest BCUT2D eigenvalue weighted by atomic mass is 10.1. The lowest BCUT2D eigenvalue weighted by Gasteiger charge is -2.25. The molecule has 3 rings (SSSR count). The summed E-state index contributed by atoms with van der Waals surface area (Å²) in [5.41, 5.74) is 2.16. The fourth-order valence-corrected chi connectivity index (χ4v) is 4.81. The summed E-state index contributed by atoms with van der Waals surface area (Å²) in [5, 5.41) is 0. The number of aryl methyl sites for hydroxylation is 1. The first-order valence-corrected chi connectivity index (χ1v) is 8.24. The van der Waals surface area contributed by atoms with Crippen LogP contribution in [0.2, 0.25) is 0 Å². The van der Waals surface area contributed by atoms with Gasteiger partial charge in [0.1, 0.15) is 5.82 Å². The van der Waals surface area contributed by atoms with Crippen molar-refractivity contribution in [1.82, 2.24) is 0 Å². The minimum atomic E-state index is -3.68. The second kappa shape index (κ2) is 4.84.